The Labute approximate surface area is 144 Å². The van der Waals surface area contributed by atoms with Crippen molar-refractivity contribution in [2.75, 3.05) is 11.9 Å². The topological polar surface area (TPSA) is 75.6 Å². The van der Waals surface area contributed by atoms with E-state index in [0.29, 0.717) is 11.4 Å². The van der Waals surface area contributed by atoms with Gasteiger partial charge in [0.25, 0.3) is 5.91 Å². The number of ether oxygens (including phenoxy) is 1. The van der Waals surface area contributed by atoms with Crippen LogP contribution in [0.25, 0.3) is 0 Å². The molecule has 6 heteroatoms. The van der Waals surface area contributed by atoms with Gasteiger partial charge in [-0.2, -0.15) is 0 Å². The van der Waals surface area contributed by atoms with Crippen molar-refractivity contribution in [3.63, 3.8) is 0 Å². The van der Waals surface area contributed by atoms with Crippen LogP contribution >= 0.6 is 11.3 Å². The molecule has 3 rings (SSSR count). The standard InChI is InChI=1S/C18H19NO4S/c1-11-8-12(23-9-17(20)21)6-7-15(11)19-18(22)14-10-24-16-5-3-2-4-13(14)16/h6-8,10H,2-5,9H2,1H3,(H,19,22)(H,20,21). The third-order valence-corrected chi connectivity index (χ3v) is 5.20. The third kappa shape index (κ3) is 3.59. The second kappa shape index (κ2) is 7.05. The lowest BCUT2D eigenvalue weighted by Gasteiger charge is -2.14. The average molecular weight is 345 g/mol. The summed E-state index contributed by atoms with van der Waals surface area (Å²) in [6, 6.07) is 5.12. The van der Waals surface area contributed by atoms with Crippen molar-refractivity contribution in [3.8, 4) is 5.75 Å². The van der Waals surface area contributed by atoms with Crippen LogP contribution in [0.4, 0.5) is 5.69 Å². The fraction of sp³-hybridized carbons (Fsp3) is 0.333. The number of carbonyl (C=O) groups is 2. The molecule has 0 atom stereocenters. The molecular weight excluding hydrogens is 326 g/mol. The summed E-state index contributed by atoms with van der Waals surface area (Å²) < 4.78 is 5.14. The summed E-state index contributed by atoms with van der Waals surface area (Å²) in [5.74, 6) is -0.634. The maximum absolute atomic E-state index is 12.6. The molecule has 126 valence electrons. The number of hydrogen-bond donors (Lipinski definition) is 2. The van der Waals surface area contributed by atoms with Crippen LogP contribution < -0.4 is 10.1 Å². The molecule has 0 unspecified atom stereocenters. The fourth-order valence-corrected chi connectivity index (χ4v) is 4.01. The summed E-state index contributed by atoms with van der Waals surface area (Å²) in [7, 11) is 0. The Morgan fingerprint density at radius 2 is 2.08 bits per heavy atom. The molecule has 0 radical (unpaired) electrons. The van der Waals surface area contributed by atoms with Crippen molar-refractivity contribution >= 4 is 28.9 Å². The van der Waals surface area contributed by atoms with E-state index in [2.05, 4.69) is 5.32 Å². The van der Waals surface area contributed by atoms with Gasteiger partial charge in [-0.05, 0) is 61.9 Å². The molecule has 1 aliphatic rings. The molecule has 5 nitrogen and oxygen atoms in total. The number of thiophene rings is 1. The van der Waals surface area contributed by atoms with Gasteiger partial charge in [0.1, 0.15) is 5.75 Å². The first kappa shape index (κ1) is 16.5. The largest absolute Gasteiger partial charge is 0.482 e. The molecule has 2 N–H and O–H groups in total. The van der Waals surface area contributed by atoms with E-state index in [-0.39, 0.29) is 12.5 Å². The van der Waals surface area contributed by atoms with Crippen molar-refractivity contribution in [1.29, 1.82) is 0 Å². The van der Waals surface area contributed by atoms with Gasteiger partial charge in [0.15, 0.2) is 6.61 Å². The van der Waals surface area contributed by atoms with E-state index in [1.165, 1.54) is 16.9 Å². The minimum atomic E-state index is -1.02. The Balaban J connectivity index is 1.72. The van der Waals surface area contributed by atoms with Gasteiger partial charge in [0, 0.05) is 15.9 Å². The number of anilines is 1. The van der Waals surface area contributed by atoms with Crippen molar-refractivity contribution in [3.05, 3.63) is 45.1 Å². The number of hydrogen-bond acceptors (Lipinski definition) is 4. The number of benzene rings is 1. The fourth-order valence-electron chi connectivity index (χ4n) is 2.89. The van der Waals surface area contributed by atoms with Crippen LogP contribution in [0.2, 0.25) is 0 Å². The van der Waals surface area contributed by atoms with Gasteiger partial charge < -0.3 is 15.2 Å². The first-order chi connectivity index (χ1) is 11.5. The number of nitrogens with one attached hydrogen (secondary N) is 1. The summed E-state index contributed by atoms with van der Waals surface area (Å²) >= 11 is 1.67. The van der Waals surface area contributed by atoms with E-state index in [1.54, 1.807) is 29.5 Å². The molecular formula is C18H19NO4S. The zero-order valence-corrected chi connectivity index (χ0v) is 14.2. The molecule has 2 aromatic rings. The summed E-state index contributed by atoms with van der Waals surface area (Å²) in [4.78, 5) is 24.5. The van der Waals surface area contributed by atoms with Crippen molar-refractivity contribution < 1.29 is 19.4 Å². The molecule has 1 aromatic carbocycles. The molecule has 1 aromatic heterocycles. The Hall–Kier alpha value is -2.34. The second-order valence-electron chi connectivity index (χ2n) is 5.87. The number of amides is 1. The van der Waals surface area contributed by atoms with Crippen LogP contribution in [-0.4, -0.2) is 23.6 Å². The van der Waals surface area contributed by atoms with Gasteiger partial charge in [-0.15, -0.1) is 11.3 Å². The summed E-state index contributed by atoms with van der Waals surface area (Å²) in [6.07, 6.45) is 4.38. The Morgan fingerprint density at radius 3 is 2.83 bits per heavy atom. The highest BCUT2D eigenvalue weighted by molar-refractivity contribution is 7.10. The number of fused-ring (bicyclic) bond motifs is 1. The average Bonchev–Trinajstić information content (AvgIpc) is 2.99. The SMILES string of the molecule is Cc1cc(OCC(=O)O)ccc1NC(=O)c1csc2c1CCCC2. The first-order valence-electron chi connectivity index (χ1n) is 7.90. The van der Waals surface area contributed by atoms with Crippen LogP contribution in [0.3, 0.4) is 0 Å². The summed E-state index contributed by atoms with van der Waals surface area (Å²) in [6.45, 7) is 1.47. The molecule has 0 spiro atoms. The van der Waals surface area contributed by atoms with Crippen LogP contribution in [0.15, 0.2) is 23.6 Å². The van der Waals surface area contributed by atoms with Crippen LogP contribution in [0.5, 0.6) is 5.75 Å². The lowest BCUT2D eigenvalue weighted by molar-refractivity contribution is -0.139. The maximum Gasteiger partial charge on any atom is 0.341 e. The predicted octanol–water partition coefficient (Wildman–Crippen LogP) is 3.65. The van der Waals surface area contributed by atoms with Gasteiger partial charge in [-0.1, -0.05) is 0 Å². The van der Waals surface area contributed by atoms with E-state index in [1.807, 2.05) is 12.3 Å². The van der Waals surface area contributed by atoms with Gasteiger partial charge in [-0.25, -0.2) is 4.79 Å². The highest BCUT2D eigenvalue weighted by atomic mass is 32.1. The van der Waals surface area contributed by atoms with Crippen molar-refractivity contribution in [2.24, 2.45) is 0 Å². The quantitative estimate of drug-likeness (QED) is 0.867. The normalized spacial score (nSPS) is 13.2. The second-order valence-corrected chi connectivity index (χ2v) is 6.84. The number of aliphatic carboxylic acids is 1. The highest BCUT2D eigenvalue weighted by Crippen LogP contribution is 2.31. The Morgan fingerprint density at radius 1 is 1.29 bits per heavy atom. The van der Waals surface area contributed by atoms with E-state index in [9.17, 15) is 9.59 Å². The van der Waals surface area contributed by atoms with Crippen molar-refractivity contribution in [2.45, 2.75) is 32.6 Å². The minimum absolute atomic E-state index is 0.0864. The monoisotopic (exact) mass is 345 g/mol. The smallest absolute Gasteiger partial charge is 0.341 e. The first-order valence-corrected chi connectivity index (χ1v) is 8.78. The molecule has 0 saturated heterocycles. The van der Waals surface area contributed by atoms with Gasteiger partial charge in [0.05, 0.1) is 5.56 Å². The summed E-state index contributed by atoms with van der Waals surface area (Å²) in [5, 5.41) is 13.5. The molecule has 0 aliphatic heterocycles. The number of carboxylic acid groups (broad SMARTS) is 1. The number of carboxylic acids is 1. The Bertz CT molecular complexity index is 781. The lowest BCUT2D eigenvalue weighted by Crippen LogP contribution is -2.15. The van der Waals surface area contributed by atoms with Gasteiger partial charge in [-0.3, -0.25) is 4.79 Å². The number of carbonyl (C=O) groups excluding carboxylic acids is 1. The molecule has 0 fully saturated rings. The zero-order valence-electron chi connectivity index (χ0n) is 13.4. The van der Waals surface area contributed by atoms with E-state index in [0.717, 1.165) is 30.4 Å². The van der Waals surface area contributed by atoms with E-state index in [4.69, 9.17) is 9.84 Å². The molecule has 0 saturated carbocycles. The third-order valence-electron chi connectivity index (χ3n) is 4.11. The van der Waals surface area contributed by atoms with E-state index >= 15 is 0 Å². The predicted molar refractivity (Wildman–Crippen MR) is 93.2 cm³/mol. The minimum Gasteiger partial charge on any atom is -0.482 e. The molecule has 1 heterocycles. The van der Waals surface area contributed by atoms with Crippen LogP contribution in [0.1, 0.15) is 39.2 Å². The van der Waals surface area contributed by atoms with Crippen molar-refractivity contribution in [1.82, 2.24) is 0 Å². The zero-order chi connectivity index (χ0) is 17.1. The lowest BCUT2D eigenvalue weighted by atomic mass is 9.95. The van der Waals surface area contributed by atoms with Crippen LogP contribution in [-0.2, 0) is 17.6 Å². The van der Waals surface area contributed by atoms with E-state index < -0.39 is 5.97 Å². The summed E-state index contributed by atoms with van der Waals surface area (Å²) in [5.41, 5.74) is 3.51. The Kier molecular flexibility index (Phi) is 4.85. The molecule has 1 amide bonds. The molecule has 24 heavy (non-hydrogen) atoms. The number of rotatable bonds is 5. The van der Waals surface area contributed by atoms with Gasteiger partial charge in [0.2, 0.25) is 0 Å². The molecule has 0 bridgehead atoms. The van der Waals surface area contributed by atoms with Crippen LogP contribution in [0, 0.1) is 6.92 Å². The highest BCUT2D eigenvalue weighted by Gasteiger charge is 2.20. The molecule has 1 aliphatic carbocycles. The number of aryl methyl sites for hydroxylation is 2. The maximum atomic E-state index is 12.6. The van der Waals surface area contributed by atoms with Gasteiger partial charge >= 0.3 is 5.97 Å².